The molecule has 3 nitrogen and oxygen atoms in total. The molecular weight excluding hydrogens is 277 g/mol. The van der Waals surface area contributed by atoms with E-state index in [-0.39, 0.29) is 5.75 Å². The van der Waals surface area contributed by atoms with E-state index in [9.17, 15) is 13.2 Å². The van der Waals surface area contributed by atoms with Crippen molar-refractivity contribution in [3.8, 4) is 5.75 Å². The molecule has 0 fully saturated rings. The van der Waals surface area contributed by atoms with Crippen LogP contribution in [0.4, 0.5) is 13.2 Å². The number of benzene rings is 1. The van der Waals surface area contributed by atoms with Crippen molar-refractivity contribution in [2.24, 2.45) is 0 Å². The van der Waals surface area contributed by atoms with Gasteiger partial charge in [0.1, 0.15) is 11.4 Å². The Morgan fingerprint density at radius 2 is 2.00 bits per heavy atom. The summed E-state index contributed by atoms with van der Waals surface area (Å²) >= 11 is -0.526. The third-order valence-corrected chi connectivity index (χ3v) is 2.98. The molecule has 0 spiro atoms. The molecule has 0 saturated carbocycles. The minimum absolute atomic E-state index is 0.139. The van der Waals surface area contributed by atoms with Gasteiger partial charge in [-0.25, -0.2) is 4.98 Å². The Morgan fingerprint density at radius 3 is 2.79 bits per heavy atom. The highest BCUT2D eigenvalue weighted by atomic mass is 32.2. The van der Waals surface area contributed by atoms with E-state index in [1.807, 2.05) is 18.2 Å². The highest BCUT2D eigenvalue weighted by molar-refractivity contribution is 7.95. The maximum Gasteiger partial charge on any atom is 0.479 e. The minimum atomic E-state index is -4.42. The van der Waals surface area contributed by atoms with Crippen LogP contribution in [0.2, 0.25) is 0 Å². The zero-order valence-electron chi connectivity index (χ0n) is 9.39. The fraction of sp³-hybridized carbons (Fsp3) is 0.0833. The Kier molecular flexibility index (Phi) is 2.78. The summed E-state index contributed by atoms with van der Waals surface area (Å²) in [4.78, 5) is 4.34. The van der Waals surface area contributed by atoms with E-state index in [4.69, 9.17) is 0 Å². The molecule has 1 aromatic carbocycles. The summed E-state index contributed by atoms with van der Waals surface area (Å²) in [6.07, 6.45) is 1.80. The molecule has 0 N–H and O–H groups in total. The van der Waals surface area contributed by atoms with Crippen molar-refractivity contribution < 1.29 is 17.4 Å². The van der Waals surface area contributed by atoms with Gasteiger partial charge in [-0.3, -0.25) is 4.40 Å². The van der Waals surface area contributed by atoms with E-state index in [2.05, 4.69) is 9.17 Å². The van der Waals surface area contributed by atoms with Crippen LogP contribution in [0.25, 0.3) is 16.7 Å². The van der Waals surface area contributed by atoms with Crippen molar-refractivity contribution in [2.45, 2.75) is 5.51 Å². The first-order chi connectivity index (χ1) is 9.03. The molecule has 0 aliphatic heterocycles. The smallest absolute Gasteiger partial charge is 0.417 e. The number of rotatable bonds is 2. The molecule has 7 heteroatoms. The highest BCUT2D eigenvalue weighted by Crippen LogP contribution is 2.33. The van der Waals surface area contributed by atoms with Gasteiger partial charge in [0, 0.05) is 12.3 Å². The first-order valence-electron chi connectivity index (χ1n) is 5.32. The van der Waals surface area contributed by atoms with Crippen LogP contribution in [0.3, 0.4) is 0 Å². The van der Waals surface area contributed by atoms with Gasteiger partial charge in [0.25, 0.3) is 0 Å². The van der Waals surface area contributed by atoms with Gasteiger partial charge in [0.2, 0.25) is 0 Å². The van der Waals surface area contributed by atoms with Crippen LogP contribution in [0, 0.1) is 0 Å². The van der Waals surface area contributed by atoms with Crippen molar-refractivity contribution in [1.29, 1.82) is 0 Å². The van der Waals surface area contributed by atoms with Crippen LogP contribution < -0.4 is 4.18 Å². The van der Waals surface area contributed by atoms with Crippen LogP contribution in [-0.2, 0) is 0 Å². The van der Waals surface area contributed by atoms with E-state index < -0.39 is 17.6 Å². The summed E-state index contributed by atoms with van der Waals surface area (Å²) in [6, 6.07) is 10.1. The maximum absolute atomic E-state index is 12.1. The quantitative estimate of drug-likeness (QED) is 0.664. The van der Waals surface area contributed by atoms with Crippen LogP contribution in [0.5, 0.6) is 5.75 Å². The number of aromatic nitrogens is 2. The summed E-state index contributed by atoms with van der Waals surface area (Å²) < 4.78 is 42.6. The lowest BCUT2D eigenvalue weighted by atomic mass is 10.3. The molecule has 0 bridgehead atoms. The lowest BCUT2D eigenvalue weighted by Gasteiger charge is -2.06. The Balaban J connectivity index is 2.02. The molecule has 0 radical (unpaired) electrons. The normalized spacial score (nSPS) is 12.2. The second kappa shape index (κ2) is 4.34. The average Bonchev–Trinajstić information content (AvgIpc) is 2.73. The lowest BCUT2D eigenvalue weighted by molar-refractivity contribution is -0.0369. The molecule has 19 heavy (non-hydrogen) atoms. The van der Waals surface area contributed by atoms with Crippen LogP contribution in [0.1, 0.15) is 0 Å². The monoisotopic (exact) mass is 284 g/mol. The fourth-order valence-corrected chi connectivity index (χ4v) is 2.08. The van der Waals surface area contributed by atoms with Crippen LogP contribution >= 0.6 is 12.0 Å². The van der Waals surface area contributed by atoms with E-state index in [0.29, 0.717) is 11.0 Å². The van der Waals surface area contributed by atoms with E-state index >= 15 is 0 Å². The fourth-order valence-electron chi connectivity index (χ4n) is 1.79. The molecule has 0 unspecified atom stereocenters. The molecule has 0 aliphatic rings. The SMILES string of the molecule is FC(F)(F)SOc1ccc2nc3ccccn3c2c1. The molecule has 0 atom stereocenters. The summed E-state index contributed by atoms with van der Waals surface area (Å²) in [5, 5.41) is 0. The molecule has 0 saturated heterocycles. The molecule has 2 heterocycles. The van der Waals surface area contributed by atoms with Crippen molar-refractivity contribution in [2.75, 3.05) is 0 Å². The second-order valence-corrected chi connectivity index (χ2v) is 4.60. The first-order valence-corrected chi connectivity index (χ1v) is 6.06. The van der Waals surface area contributed by atoms with Gasteiger partial charge in [-0.05, 0) is 24.3 Å². The Hall–Kier alpha value is -1.89. The topological polar surface area (TPSA) is 26.5 Å². The van der Waals surface area contributed by atoms with Gasteiger partial charge in [-0.2, -0.15) is 13.2 Å². The molecule has 3 aromatic rings. The van der Waals surface area contributed by atoms with Gasteiger partial charge in [-0.1, -0.05) is 6.07 Å². The number of nitrogens with zero attached hydrogens (tertiary/aromatic N) is 2. The highest BCUT2D eigenvalue weighted by Gasteiger charge is 2.31. The number of hydrogen-bond donors (Lipinski definition) is 0. The predicted molar refractivity (Wildman–Crippen MR) is 67.0 cm³/mol. The van der Waals surface area contributed by atoms with Crippen molar-refractivity contribution >= 4 is 28.7 Å². The summed E-state index contributed by atoms with van der Waals surface area (Å²) in [5.74, 6) is 0.139. The summed E-state index contributed by atoms with van der Waals surface area (Å²) in [6.45, 7) is 0. The van der Waals surface area contributed by atoms with Crippen molar-refractivity contribution in [3.63, 3.8) is 0 Å². The predicted octanol–water partition coefficient (Wildman–Crippen LogP) is 4.03. The third-order valence-electron chi connectivity index (χ3n) is 2.51. The second-order valence-electron chi connectivity index (χ2n) is 3.80. The van der Waals surface area contributed by atoms with Crippen LogP contribution in [0.15, 0.2) is 42.6 Å². The maximum atomic E-state index is 12.1. The van der Waals surface area contributed by atoms with Gasteiger partial charge in [0.05, 0.1) is 11.0 Å². The lowest BCUT2D eigenvalue weighted by Crippen LogP contribution is -2.02. The van der Waals surface area contributed by atoms with Crippen LogP contribution in [-0.4, -0.2) is 14.9 Å². The molecule has 0 aliphatic carbocycles. The number of halogens is 3. The standard InChI is InChI=1S/C12H7F3N2OS/c13-12(14,15)19-18-8-4-5-9-10(7-8)17-6-2-1-3-11(17)16-9/h1-7H. The molecular formula is C12H7F3N2OS. The largest absolute Gasteiger partial charge is 0.479 e. The number of alkyl halides is 3. The number of pyridine rings is 1. The van der Waals surface area contributed by atoms with Gasteiger partial charge < -0.3 is 4.18 Å². The Morgan fingerprint density at radius 1 is 1.16 bits per heavy atom. The van der Waals surface area contributed by atoms with Gasteiger partial charge in [0.15, 0.2) is 12.0 Å². The Bertz CT molecular complexity index is 738. The average molecular weight is 284 g/mol. The number of hydrogen-bond acceptors (Lipinski definition) is 3. The number of fused-ring (bicyclic) bond motifs is 3. The Labute approximate surface area is 110 Å². The van der Waals surface area contributed by atoms with Crippen molar-refractivity contribution in [1.82, 2.24) is 9.38 Å². The van der Waals surface area contributed by atoms with E-state index in [1.54, 1.807) is 16.7 Å². The zero-order valence-corrected chi connectivity index (χ0v) is 10.2. The zero-order chi connectivity index (χ0) is 13.5. The molecule has 0 amide bonds. The first kappa shape index (κ1) is 12.2. The van der Waals surface area contributed by atoms with Gasteiger partial charge in [-0.15, -0.1) is 0 Å². The summed E-state index contributed by atoms with van der Waals surface area (Å²) in [5.41, 5.74) is -2.28. The van der Waals surface area contributed by atoms with Crippen molar-refractivity contribution in [3.05, 3.63) is 42.6 Å². The summed E-state index contributed by atoms with van der Waals surface area (Å²) in [7, 11) is 0. The minimum Gasteiger partial charge on any atom is -0.417 e. The number of imidazole rings is 1. The van der Waals surface area contributed by atoms with Gasteiger partial charge >= 0.3 is 5.51 Å². The molecule has 2 aromatic heterocycles. The van der Waals surface area contributed by atoms with E-state index in [0.717, 1.165) is 5.65 Å². The van der Waals surface area contributed by atoms with E-state index in [1.165, 1.54) is 12.1 Å². The third kappa shape index (κ3) is 2.46. The molecule has 3 rings (SSSR count). The molecule has 98 valence electrons.